The first-order chi connectivity index (χ1) is 8.29. The molecule has 0 bridgehead atoms. The first-order valence-electron chi connectivity index (χ1n) is 5.02. The molecule has 1 atom stereocenters. The number of sulfonamides is 1. The van der Waals surface area contributed by atoms with Gasteiger partial charge >= 0.3 is 0 Å². The molecule has 0 spiro atoms. The molecule has 1 unspecified atom stereocenters. The number of carbonyl (C=O) groups is 1. The Bertz CT molecular complexity index is 604. The molecule has 98 valence electrons. The maximum absolute atomic E-state index is 11.8. The number of halogens is 1. The van der Waals surface area contributed by atoms with Crippen LogP contribution in [0.4, 0.5) is 11.5 Å². The van der Waals surface area contributed by atoms with E-state index >= 15 is 0 Å². The van der Waals surface area contributed by atoms with Gasteiger partial charge in [-0.05, 0) is 22.0 Å². The van der Waals surface area contributed by atoms with E-state index in [1.165, 1.54) is 11.1 Å². The number of nitrogens with zero attached hydrogens (tertiary/aromatic N) is 2. The van der Waals surface area contributed by atoms with E-state index in [0.717, 1.165) is 0 Å². The first-order valence-corrected chi connectivity index (χ1v) is 7.42. The largest absolute Gasteiger partial charge is 0.382 e. The van der Waals surface area contributed by atoms with Gasteiger partial charge in [-0.1, -0.05) is 0 Å². The number of nitrogen functional groups attached to an aromatic ring is 1. The van der Waals surface area contributed by atoms with Crippen LogP contribution in [0.25, 0.3) is 0 Å². The summed E-state index contributed by atoms with van der Waals surface area (Å²) in [5, 5.41) is 4.15. The number of hydrogen-bond donors (Lipinski definition) is 2. The minimum atomic E-state index is -3.73. The van der Waals surface area contributed by atoms with Gasteiger partial charge in [0.1, 0.15) is 11.1 Å². The molecule has 0 radical (unpaired) electrons. The fraction of sp³-hybridized carbons (Fsp3) is 0.333. The summed E-state index contributed by atoms with van der Waals surface area (Å²) >= 11 is 3.22. The second kappa shape index (κ2) is 4.48. The number of primary sulfonamides is 1. The molecule has 7 nitrogen and oxygen atoms in total. The van der Waals surface area contributed by atoms with Gasteiger partial charge in [0.05, 0.1) is 5.69 Å². The quantitative estimate of drug-likeness (QED) is 0.777. The zero-order valence-corrected chi connectivity index (χ0v) is 11.6. The Kier molecular flexibility index (Phi) is 3.30. The summed E-state index contributed by atoms with van der Waals surface area (Å²) in [6.45, 7) is 0. The molecule has 0 aromatic carbocycles. The van der Waals surface area contributed by atoms with E-state index in [1.54, 1.807) is 6.07 Å². The lowest BCUT2D eigenvalue weighted by molar-refractivity contribution is -0.117. The zero-order valence-electron chi connectivity index (χ0n) is 9.21. The lowest BCUT2D eigenvalue weighted by Gasteiger charge is -2.17. The summed E-state index contributed by atoms with van der Waals surface area (Å²) in [5.41, 5.74) is 6.07. The van der Waals surface area contributed by atoms with Crippen molar-refractivity contribution in [1.82, 2.24) is 4.98 Å². The zero-order chi connectivity index (χ0) is 13.5. The molecular formula is C9H11BrN4O3S. The molecule has 1 aliphatic rings. The molecule has 0 aliphatic carbocycles. The monoisotopic (exact) mass is 334 g/mol. The molecule has 9 heteroatoms. The van der Waals surface area contributed by atoms with Crippen LogP contribution in [0, 0.1) is 0 Å². The van der Waals surface area contributed by atoms with Gasteiger partial charge in [0, 0.05) is 23.6 Å². The smallest absolute Gasteiger partial charge is 0.228 e. The molecule has 2 rings (SSSR count). The molecule has 1 aromatic rings. The molecular weight excluding hydrogens is 324 g/mol. The van der Waals surface area contributed by atoms with Crippen LogP contribution in [0.3, 0.4) is 0 Å². The van der Waals surface area contributed by atoms with Gasteiger partial charge in [-0.3, -0.25) is 4.79 Å². The predicted molar refractivity (Wildman–Crippen MR) is 70.2 cm³/mol. The van der Waals surface area contributed by atoms with E-state index in [2.05, 4.69) is 20.9 Å². The third-order valence-electron chi connectivity index (χ3n) is 2.71. The van der Waals surface area contributed by atoms with Crippen LogP contribution < -0.4 is 15.8 Å². The summed E-state index contributed by atoms with van der Waals surface area (Å²) in [7, 11) is -3.73. The lowest BCUT2D eigenvalue weighted by Crippen LogP contribution is -2.32. The van der Waals surface area contributed by atoms with E-state index in [0.29, 0.717) is 10.2 Å². The predicted octanol–water partition coefficient (Wildman–Crippen LogP) is -0.180. The highest BCUT2D eigenvalue weighted by Crippen LogP contribution is 2.30. The molecule has 2 heterocycles. The van der Waals surface area contributed by atoms with Crippen LogP contribution in [0.15, 0.2) is 16.7 Å². The minimum Gasteiger partial charge on any atom is -0.382 e. The Morgan fingerprint density at radius 1 is 1.50 bits per heavy atom. The van der Waals surface area contributed by atoms with Crippen molar-refractivity contribution in [3.8, 4) is 0 Å². The molecule has 1 aliphatic heterocycles. The van der Waals surface area contributed by atoms with Crippen molar-refractivity contribution in [1.29, 1.82) is 0 Å². The number of pyridine rings is 1. The molecule has 1 saturated heterocycles. The van der Waals surface area contributed by atoms with Crippen molar-refractivity contribution < 1.29 is 13.2 Å². The van der Waals surface area contributed by atoms with Crippen molar-refractivity contribution in [3.63, 3.8) is 0 Å². The highest BCUT2D eigenvalue weighted by molar-refractivity contribution is 9.10. The Hall–Kier alpha value is -1.19. The highest BCUT2D eigenvalue weighted by Gasteiger charge is 2.38. The summed E-state index contributed by atoms with van der Waals surface area (Å²) < 4.78 is 23.2. The van der Waals surface area contributed by atoms with Gasteiger partial charge in [0.2, 0.25) is 15.9 Å². The Morgan fingerprint density at radius 3 is 2.72 bits per heavy atom. The average Bonchev–Trinajstić information content (AvgIpc) is 2.64. The van der Waals surface area contributed by atoms with Crippen LogP contribution in [-0.4, -0.2) is 31.1 Å². The summed E-state index contributed by atoms with van der Waals surface area (Å²) in [6, 6.07) is 1.62. The minimum absolute atomic E-state index is 0. The Labute approximate surface area is 112 Å². The van der Waals surface area contributed by atoms with Gasteiger partial charge in [-0.2, -0.15) is 0 Å². The molecule has 1 fully saturated rings. The number of aromatic nitrogens is 1. The molecule has 1 aromatic heterocycles. The standard InChI is InChI=1S/C9H11BrN4O3S/c10-5-1-7(9(11)13-3-5)14-4-6(2-8(14)15)18(12,16)17/h1,3,6H,2,4H2,(H2,11,13)(H2,12,16,17). The van der Waals surface area contributed by atoms with Gasteiger partial charge in [-0.15, -0.1) is 0 Å². The maximum atomic E-state index is 11.8. The van der Waals surface area contributed by atoms with E-state index < -0.39 is 15.3 Å². The fourth-order valence-electron chi connectivity index (χ4n) is 1.78. The summed E-state index contributed by atoms with van der Waals surface area (Å²) in [4.78, 5) is 17.0. The van der Waals surface area contributed by atoms with E-state index in [1.807, 2.05) is 0 Å². The number of carbonyl (C=O) groups excluding carboxylic acids is 1. The molecule has 1 amide bonds. The molecule has 4 N–H and O–H groups in total. The Balaban J connectivity index is 2.35. The third-order valence-corrected chi connectivity index (χ3v) is 4.39. The summed E-state index contributed by atoms with van der Waals surface area (Å²) in [5.74, 6) is -0.165. The van der Waals surface area contributed by atoms with Gasteiger partial charge in [0.15, 0.2) is 0 Å². The van der Waals surface area contributed by atoms with Crippen LogP contribution in [0.2, 0.25) is 0 Å². The first kappa shape index (κ1) is 13.2. The van der Waals surface area contributed by atoms with E-state index in [-0.39, 0.29) is 24.7 Å². The summed E-state index contributed by atoms with van der Waals surface area (Å²) in [6.07, 6.45) is 1.36. The van der Waals surface area contributed by atoms with Gasteiger partial charge < -0.3 is 10.6 Å². The molecule has 18 heavy (non-hydrogen) atoms. The number of amides is 1. The van der Waals surface area contributed by atoms with E-state index in [9.17, 15) is 13.2 Å². The third kappa shape index (κ3) is 2.47. The number of rotatable bonds is 2. The van der Waals surface area contributed by atoms with Crippen LogP contribution in [0.1, 0.15) is 6.42 Å². The van der Waals surface area contributed by atoms with Crippen molar-refractivity contribution in [2.45, 2.75) is 11.7 Å². The van der Waals surface area contributed by atoms with Gasteiger partial charge in [-0.25, -0.2) is 18.5 Å². The Morgan fingerprint density at radius 2 is 2.17 bits per heavy atom. The number of hydrogen-bond acceptors (Lipinski definition) is 5. The number of anilines is 2. The second-order valence-corrected chi connectivity index (χ2v) is 6.74. The van der Waals surface area contributed by atoms with Gasteiger partial charge in [0.25, 0.3) is 0 Å². The fourth-order valence-corrected chi connectivity index (χ4v) is 2.83. The van der Waals surface area contributed by atoms with Crippen molar-refractivity contribution >= 4 is 43.4 Å². The van der Waals surface area contributed by atoms with Crippen LogP contribution in [0.5, 0.6) is 0 Å². The second-order valence-electron chi connectivity index (χ2n) is 3.98. The highest BCUT2D eigenvalue weighted by atomic mass is 79.9. The average molecular weight is 335 g/mol. The van der Waals surface area contributed by atoms with Crippen LogP contribution in [-0.2, 0) is 14.8 Å². The van der Waals surface area contributed by atoms with Crippen molar-refractivity contribution in [2.75, 3.05) is 17.2 Å². The van der Waals surface area contributed by atoms with Crippen molar-refractivity contribution in [2.24, 2.45) is 5.14 Å². The van der Waals surface area contributed by atoms with Crippen molar-refractivity contribution in [3.05, 3.63) is 16.7 Å². The number of nitrogens with two attached hydrogens (primary N) is 2. The SMILES string of the molecule is Nc1ncc(Br)cc1N1CC(S(N)(=O)=O)CC1=O. The lowest BCUT2D eigenvalue weighted by atomic mass is 10.3. The maximum Gasteiger partial charge on any atom is 0.228 e. The normalized spacial score (nSPS) is 20.4. The topological polar surface area (TPSA) is 119 Å². The van der Waals surface area contributed by atoms with Crippen LogP contribution >= 0.6 is 15.9 Å². The van der Waals surface area contributed by atoms with E-state index in [4.69, 9.17) is 10.9 Å². The molecule has 0 saturated carbocycles.